The fourth-order valence-corrected chi connectivity index (χ4v) is 3.16. The molecule has 136 valence electrons. The van der Waals surface area contributed by atoms with E-state index in [1.165, 1.54) is 17.2 Å². The van der Waals surface area contributed by atoms with Crippen LogP contribution in [0.5, 0.6) is 5.88 Å². The van der Waals surface area contributed by atoms with Gasteiger partial charge in [0.05, 0.1) is 0 Å². The minimum Gasteiger partial charge on any atom is -0.494 e. The molecule has 0 aliphatic carbocycles. The summed E-state index contributed by atoms with van der Waals surface area (Å²) >= 11 is 5.13. The molecule has 2 heterocycles. The highest BCUT2D eigenvalue weighted by molar-refractivity contribution is 7.71. The van der Waals surface area contributed by atoms with Crippen molar-refractivity contribution < 1.29 is 5.11 Å². The predicted octanol–water partition coefficient (Wildman–Crippen LogP) is 3.55. The van der Waals surface area contributed by atoms with Crippen molar-refractivity contribution in [2.45, 2.75) is 32.7 Å². The van der Waals surface area contributed by atoms with Gasteiger partial charge in [0.2, 0.25) is 5.88 Å². The molecule has 2 aromatic heterocycles. The van der Waals surface area contributed by atoms with Crippen molar-refractivity contribution in [1.82, 2.24) is 14.5 Å². The van der Waals surface area contributed by atoms with Gasteiger partial charge in [0.1, 0.15) is 5.56 Å². The normalized spacial score (nSPS) is 11.6. The maximum atomic E-state index is 12.1. The Hall–Kier alpha value is -2.67. The number of nitrogens with one attached hydrogen (secondary N) is 2. The molecular weight excluding hydrogens is 348 g/mol. The van der Waals surface area contributed by atoms with Crippen LogP contribution in [0.3, 0.4) is 0 Å². The molecule has 0 bridgehead atoms. The van der Waals surface area contributed by atoms with Crippen molar-refractivity contribution in [3.05, 3.63) is 56.7 Å². The molecule has 0 unspecified atom stereocenters. The average Bonchev–Trinajstić information content (AvgIpc) is 3.04. The summed E-state index contributed by atoms with van der Waals surface area (Å²) in [5.41, 5.74) is 2.00. The molecule has 0 aliphatic heterocycles. The fraction of sp³-hybridized carbons (Fsp3) is 0.316. The first-order chi connectivity index (χ1) is 12.6. The van der Waals surface area contributed by atoms with E-state index in [-0.39, 0.29) is 16.2 Å². The molecule has 0 atom stereocenters. The molecule has 26 heavy (non-hydrogen) atoms. The summed E-state index contributed by atoms with van der Waals surface area (Å²) in [6.07, 6.45) is 5.99. The summed E-state index contributed by atoms with van der Waals surface area (Å²) in [4.78, 5) is 22.3. The number of nitrogens with zero attached hydrogens (tertiary/aromatic N) is 2. The van der Waals surface area contributed by atoms with Crippen LogP contribution >= 0.6 is 12.2 Å². The molecule has 0 radical (unpaired) electrons. The number of hydrogen-bond donors (Lipinski definition) is 3. The van der Waals surface area contributed by atoms with E-state index in [9.17, 15) is 9.90 Å². The highest BCUT2D eigenvalue weighted by atomic mass is 32.1. The number of unbranched alkanes of at least 4 members (excludes halogenated alkanes) is 1. The topological polar surface area (TPSA) is 86.2 Å². The van der Waals surface area contributed by atoms with Gasteiger partial charge in [0, 0.05) is 36.4 Å². The Morgan fingerprint density at radius 3 is 2.96 bits per heavy atom. The molecule has 0 aliphatic rings. The number of benzene rings is 1. The van der Waals surface area contributed by atoms with Crippen LogP contribution in [0.15, 0.2) is 40.2 Å². The quantitative estimate of drug-likeness (QED) is 0.439. The van der Waals surface area contributed by atoms with Crippen molar-refractivity contribution in [1.29, 1.82) is 0 Å². The van der Waals surface area contributed by atoms with Crippen molar-refractivity contribution in [2.24, 2.45) is 4.99 Å². The zero-order chi connectivity index (χ0) is 18.5. The number of rotatable bonds is 7. The zero-order valence-electron chi connectivity index (χ0n) is 14.7. The Balaban J connectivity index is 1.76. The summed E-state index contributed by atoms with van der Waals surface area (Å²) in [5, 5.41) is 11.6. The predicted molar refractivity (Wildman–Crippen MR) is 107 cm³/mol. The number of aromatic nitrogens is 3. The number of H-pyrrole nitrogens is 2. The highest BCUT2D eigenvalue weighted by Crippen LogP contribution is 2.18. The summed E-state index contributed by atoms with van der Waals surface area (Å²) in [6, 6.07) is 8.10. The van der Waals surface area contributed by atoms with Gasteiger partial charge in [0.25, 0.3) is 5.56 Å². The molecule has 0 saturated carbocycles. The molecule has 1 aromatic carbocycles. The smallest absolute Gasteiger partial charge is 0.264 e. The Morgan fingerprint density at radius 2 is 2.15 bits per heavy atom. The Kier molecular flexibility index (Phi) is 5.68. The minimum atomic E-state index is -0.420. The van der Waals surface area contributed by atoms with E-state index in [4.69, 9.17) is 12.2 Å². The van der Waals surface area contributed by atoms with Crippen molar-refractivity contribution in [2.75, 3.05) is 6.54 Å². The van der Waals surface area contributed by atoms with Crippen LogP contribution in [0, 0.1) is 4.77 Å². The van der Waals surface area contributed by atoms with E-state index < -0.39 is 5.56 Å². The molecule has 0 fully saturated rings. The maximum absolute atomic E-state index is 12.1. The van der Waals surface area contributed by atoms with Gasteiger partial charge in [-0.05, 0) is 36.7 Å². The summed E-state index contributed by atoms with van der Waals surface area (Å²) in [7, 11) is 0. The molecule has 3 rings (SSSR count). The van der Waals surface area contributed by atoms with Crippen molar-refractivity contribution in [3.8, 4) is 5.88 Å². The third-order valence-electron chi connectivity index (χ3n) is 4.35. The molecule has 7 heteroatoms. The second-order valence-electron chi connectivity index (χ2n) is 6.15. The lowest BCUT2D eigenvalue weighted by molar-refractivity contribution is 0.398. The summed E-state index contributed by atoms with van der Waals surface area (Å²) < 4.78 is 1.78. The third-order valence-corrected chi connectivity index (χ3v) is 4.67. The number of para-hydroxylation sites is 1. The van der Waals surface area contributed by atoms with Gasteiger partial charge >= 0.3 is 0 Å². The molecule has 3 N–H and O–H groups in total. The van der Waals surface area contributed by atoms with Crippen LogP contribution < -0.4 is 5.56 Å². The Labute approximate surface area is 156 Å². The van der Waals surface area contributed by atoms with Gasteiger partial charge in [-0.25, -0.2) is 0 Å². The maximum Gasteiger partial charge on any atom is 0.264 e. The Bertz CT molecular complexity index is 1050. The Morgan fingerprint density at radius 1 is 1.35 bits per heavy atom. The van der Waals surface area contributed by atoms with Gasteiger partial charge in [-0.3, -0.25) is 19.3 Å². The second-order valence-corrected chi connectivity index (χ2v) is 6.53. The van der Waals surface area contributed by atoms with Crippen molar-refractivity contribution in [3.63, 3.8) is 0 Å². The lowest BCUT2D eigenvalue weighted by atomic mass is 10.1. The first-order valence-electron chi connectivity index (χ1n) is 8.72. The van der Waals surface area contributed by atoms with E-state index in [0.29, 0.717) is 13.1 Å². The van der Waals surface area contributed by atoms with E-state index in [0.717, 1.165) is 24.8 Å². The largest absolute Gasteiger partial charge is 0.494 e. The molecule has 0 spiro atoms. The van der Waals surface area contributed by atoms with Gasteiger partial charge in [-0.2, -0.15) is 0 Å². The van der Waals surface area contributed by atoms with Gasteiger partial charge < -0.3 is 10.1 Å². The standard InChI is InChI=1S/C19H22N4O2S/c1-2-3-10-23-18(25)15(17(24)22-19(23)26)12-20-9-8-13-11-21-16-7-5-4-6-14(13)16/h4-7,11-12,21,25H,2-3,8-10H2,1H3,(H,22,24,26). The first-order valence-corrected chi connectivity index (χ1v) is 9.13. The van der Waals surface area contributed by atoms with Gasteiger partial charge in [-0.15, -0.1) is 0 Å². The average molecular weight is 370 g/mol. The fourth-order valence-electron chi connectivity index (χ4n) is 2.89. The number of aromatic hydroxyl groups is 1. The number of aliphatic imine (C=N–C) groups is 1. The first kappa shape index (κ1) is 18.1. The monoisotopic (exact) mass is 370 g/mol. The zero-order valence-corrected chi connectivity index (χ0v) is 15.5. The van der Waals surface area contributed by atoms with Crippen LogP contribution in [0.4, 0.5) is 0 Å². The van der Waals surface area contributed by atoms with Gasteiger partial charge in [-0.1, -0.05) is 31.5 Å². The van der Waals surface area contributed by atoms with Crippen LogP contribution in [0.2, 0.25) is 0 Å². The number of hydrogen-bond acceptors (Lipinski definition) is 4. The van der Waals surface area contributed by atoms with E-state index >= 15 is 0 Å². The van der Waals surface area contributed by atoms with Crippen LogP contribution in [-0.4, -0.2) is 32.4 Å². The van der Waals surface area contributed by atoms with Crippen molar-refractivity contribution >= 4 is 29.3 Å². The number of fused-ring (bicyclic) bond motifs is 1. The van der Waals surface area contributed by atoms with Crippen LogP contribution in [-0.2, 0) is 13.0 Å². The summed E-state index contributed by atoms with van der Waals surface area (Å²) in [6.45, 7) is 3.14. The summed E-state index contributed by atoms with van der Waals surface area (Å²) in [5.74, 6) is -0.122. The minimum absolute atomic E-state index is 0.122. The number of aromatic amines is 2. The molecule has 0 saturated heterocycles. The SMILES string of the molecule is CCCCn1c(O)c(C=NCCc2c[nH]c3ccccc23)c(=O)[nH]c1=S. The lowest BCUT2D eigenvalue weighted by Gasteiger charge is -2.10. The van der Waals surface area contributed by atoms with E-state index in [1.54, 1.807) is 4.57 Å². The van der Waals surface area contributed by atoms with E-state index in [2.05, 4.69) is 28.0 Å². The molecule has 6 nitrogen and oxygen atoms in total. The van der Waals surface area contributed by atoms with Gasteiger partial charge in [0.15, 0.2) is 4.77 Å². The molecule has 0 amide bonds. The lowest BCUT2D eigenvalue weighted by Crippen LogP contribution is -2.19. The molecular formula is C19H22N4O2S. The molecule has 3 aromatic rings. The van der Waals surface area contributed by atoms with E-state index in [1.807, 2.05) is 24.4 Å². The van der Waals surface area contributed by atoms with Crippen LogP contribution in [0.1, 0.15) is 30.9 Å². The van der Waals surface area contributed by atoms with Crippen LogP contribution in [0.25, 0.3) is 10.9 Å². The second kappa shape index (κ2) is 8.14. The highest BCUT2D eigenvalue weighted by Gasteiger charge is 2.10. The third kappa shape index (κ3) is 3.77.